The molecule has 0 atom stereocenters. The third-order valence-electron chi connectivity index (χ3n) is 3.99. The standard InChI is InChI=1S/C18H21NO/c1-2-18(20-17-11-7-4-8-12-17)14-19(15-18)13-16-9-5-3-6-10-16/h3-12H,2,13-15H2,1H3. The maximum absolute atomic E-state index is 6.21. The summed E-state index contributed by atoms with van der Waals surface area (Å²) in [6.07, 6.45) is 1.05. The van der Waals surface area contributed by atoms with E-state index in [1.54, 1.807) is 0 Å². The van der Waals surface area contributed by atoms with Crippen molar-refractivity contribution in [2.75, 3.05) is 13.1 Å². The summed E-state index contributed by atoms with van der Waals surface area (Å²) < 4.78 is 6.21. The Bertz CT molecular complexity index is 532. The number of benzene rings is 2. The molecule has 1 heterocycles. The van der Waals surface area contributed by atoms with Gasteiger partial charge in [-0.05, 0) is 24.1 Å². The van der Waals surface area contributed by atoms with Gasteiger partial charge in [-0.25, -0.2) is 0 Å². The van der Waals surface area contributed by atoms with E-state index in [9.17, 15) is 0 Å². The van der Waals surface area contributed by atoms with Crippen molar-refractivity contribution < 1.29 is 4.74 Å². The van der Waals surface area contributed by atoms with E-state index in [0.29, 0.717) is 0 Å². The Labute approximate surface area is 121 Å². The van der Waals surface area contributed by atoms with Crippen LogP contribution in [0, 0.1) is 0 Å². The van der Waals surface area contributed by atoms with E-state index in [1.807, 2.05) is 30.3 Å². The lowest BCUT2D eigenvalue weighted by atomic mass is 9.90. The maximum atomic E-state index is 6.21. The summed E-state index contributed by atoms with van der Waals surface area (Å²) in [5, 5.41) is 0. The van der Waals surface area contributed by atoms with Gasteiger partial charge in [-0.3, -0.25) is 4.90 Å². The number of hydrogen-bond acceptors (Lipinski definition) is 2. The van der Waals surface area contributed by atoms with E-state index in [2.05, 4.69) is 42.2 Å². The monoisotopic (exact) mass is 267 g/mol. The molecule has 0 saturated carbocycles. The Balaban J connectivity index is 1.59. The van der Waals surface area contributed by atoms with Gasteiger partial charge in [0.2, 0.25) is 0 Å². The molecule has 1 fully saturated rings. The van der Waals surface area contributed by atoms with Gasteiger partial charge in [-0.15, -0.1) is 0 Å². The second kappa shape index (κ2) is 5.68. The number of para-hydroxylation sites is 1. The predicted octanol–water partition coefficient (Wildman–Crippen LogP) is 3.73. The van der Waals surface area contributed by atoms with Gasteiger partial charge >= 0.3 is 0 Å². The molecule has 0 spiro atoms. The SMILES string of the molecule is CCC1(Oc2ccccc2)CN(Cc2ccccc2)C1. The highest BCUT2D eigenvalue weighted by molar-refractivity contribution is 5.23. The Kier molecular flexibility index (Phi) is 3.75. The van der Waals surface area contributed by atoms with Gasteiger partial charge in [-0.1, -0.05) is 55.5 Å². The highest BCUT2D eigenvalue weighted by Gasteiger charge is 2.43. The van der Waals surface area contributed by atoms with E-state index >= 15 is 0 Å². The van der Waals surface area contributed by atoms with Crippen LogP contribution in [0.3, 0.4) is 0 Å². The number of nitrogens with zero attached hydrogens (tertiary/aromatic N) is 1. The first-order chi connectivity index (χ1) is 9.80. The maximum Gasteiger partial charge on any atom is 0.134 e. The van der Waals surface area contributed by atoms with Crippen molar-refractivity contribution in [3.63, 3.8) is 0 Å². The highest BCUT2D eigenvalue weighted by Crippen LogP contribution is 2.31. The molecule has 1 saturated heterocycles. The van der Waals surface area contributed by atoms with E-state index in [4.69, 9.17) is 4.74 Å². The van der Waals surface area contributed by atoms with E-state index < -0.39 is 0 Å². The minimum atomic E-state index is -0.00384. The summed E-state index contributed by atoms with van der Waals surface area (Å²) in [5.74, 6) is 0.980. The van der Waals surface area contributed by atoms with Crippen LogP contribution in [-0.4, -0.2) is 23.6 Å². The molecule has 2 nitrogen and oxygen atoms in total. The van der Waals surface area contributed by atoms with Crippen molar-refractivity contribution in [2.45, 2.75) is 25.5 Å². The van der Waals surface area contributed by atoms with E-state index in [-0.39, 0.29) is 5.60 Å². The van der Waals surface area contributed by atoms with Gasteiger partial charge in [0.25, 0.3) is 0 Å². The molecule has 0 aromatic heterocycles. The third kappa shape index (κ3) is 2.86. The molecule has 0 radical (unpaired) electrons. The van der Waals surface area contributed by atoms with Crippen LogP contribution in [0.2, 0.25) is 0 Å². The first-order valence-electron chi connectivity index (χ1n) is 7.30. The van der Waals surface area contributed by atoms with Gasteiger partial charge in [-0.2, -0.15) is 0 Å². The average molecular weight is 267 g/mol. The Hall–Kier alpha value is -1.80. The lowest BCUT2D eigenvalue weighted by molar-refractivity contribution is -0.0834. The smallest absolute Gasteiger partial charge is 0.134 e. The Morgan fingerprint density at radius 3 is 2.15 bits per heavy atom. The molecule has 0 N–H and O–H groups in total. The van der Waals surface area contributed by atoms with Crippen molar-refractivity contribution in [2.24, 2.45) is 0 Å². The molecule has 104 valence electrons. The zero-order valence-corrected chi connectivity index (χ0v) is 12.0. The van der Waals surface area contributed by atoms with Gasteiger partial charge < -0.3 is 4.74 Å². The molecule has 3 rings (SSSR count). The molecule has 0 unspecified atom stereocenters. The van der Waals surface area contributed by atoms with Crippen molar-refractivity contribution in [1.29, 1.82) is 0 Å². The normalized spacial score (nSPS) is 17.4. The molecule has 2 aromatic rings. The van der Waals surface area contributed by atoms with Crippen LogP contribution in [0.25, 0.3) is 0 Å². The molecule has 20 heavy (non-hydrogen) atoms. The van der Waals surface area contributed by atoms with Crippen LogP contribution >= 0.6 is 0 Å². The van der Waals surface area contributed by atoms with Crippen LogP contribution in [0.1, 0.15) is 18.9 Å². The van der Waals surface area contributed by atoms with Crippen molar-refractivity contribution in [1.82, 2.24) is 4.90 Å². The highest BCUT2D eigenvalue weighted by atomic mass is 16.5. The minimum absolute atomic E-state index is 0.00384. The van der Waals surface area contributed by atoms with E-state index in [0.717, 1.165) is 31.8 Å². The van der Waals surface area contributed by atoms with Crippen molar-refractivity contribution in [3.05, 3.63) is 66.2 Å². The second-order valence-corrected chi connectivity index (χ2v) is 5.58. The predicted molar refractivity (Wildman–Crippen MR) is 81.8 cm³/mol. The topological polar surface area (TPSA) is 12.5 Å². The lowest BCUT2D eigenvalue weighted by Gasteiger charge is -2.49. The third-order valence-corrected chi connectivity index (χ3v) is 3.99. The molecule has 1 aliphatic heterocycles. The van der Waals surface area contributed by atoms with Crippen molar-refractivity contribution >= 4 is 0 Å². The summed E-state index contributed by atoms with van der Waals surface area (Å²) in [7, 11) is 0. The summed E-state index contributed by atoms with van der Waals surface area (Å²) in [4.78, 5) is 2.45. The van der Waals surface area contributed by atoms with Crippen LogP contribution in [0.4, 0.5) is 0 Å². The first kappa shape index (κ1) is 13.2. The fourth-order valence-corrected chi connectivity index (χ4v) is 2.82. The molecular formula is C18H21NO. The molecular weight excluding hydrogens is 246 g/mol. The Morgan fingerprint density at radius 2 is 1.55 bits per heavy atom. The van der Waals surface area contributed by atoms with Crippen LogP contribution in [-0.2, 0) is 6.54 Å². The van der Waals surface area contributed by atoms with Crippen molar-refractivity contribution in [3.8, 4) is 5.75 Å². The Morgan fingerprint density at radius 1 is 0.950 bits per heavy atom. The van der Waals surface area contributed by atoms with Gasteiger partial charge in [0.1, 0.15) is 11.4 Å². The minimum Gasteiger partial charge on any atom is -0.485 e. The molecule has 2 aromatic carbocycles. The van der Waals surface area contributed by atoms with Gasteiger partial charge in [0.05, 0.1) is 0 Å². The second-order valence-electron chi connectivity index (χ2n) is 5.58. The lowest BCUT2D eigenvalue weighted by Crippen LogP contribution is -2.64. The number of likely N-dealkylation sites (tertiary alicyclic amines) is 1. The van der Waals surface area contributed by atoms with Gasteiger partial charge in [0.15, 0.2) is 0 Å². The fraction of sp³-hybridized carbons (Fsp3) is 0.333. The molecule has 0 bridgehead atoms. The fourth-order valence-electron chi connectivity index (χ4n) is 2.82. The zero-order chi connectivity index (χ0) is 13.8. The molecule has 0 amide bonds. The summed E-state index contributed by atoms with van der Waals surface area (Å²) in [6.45, 7) is 5.24. The van der Waals surface area contributed by atoms with Gasteiger partial charge in [0, 0.05) is 19.6 Å². The zero-order valence-electron chi connectivity index (χ0n) is 12.0. The quantitative estimate of drug-likeness (QED) is 0.818. The van der Waals surface area contributed by atoms with Crippen LogP contribution in [0.15, 0.2) is 60.7 Å². The molecule has 2 heteroatoms. The van der Waals surface area contributed by atoms with E-state index in [1.165, 1.54) is 5.56 Å². The summed E-state index contributed by atoms with van der Waals surface area (Å²) >= 11 is 0. The summed E-state index contributed by atoms with van der Waals surface area (Å²) in [5.41, 5.74) is 1.37. The summed E-state index contributed by atoms with van der Waals surface area (Å²) in [6, 6.07) is 20.8. The first-order valence-corrected chi connectivity index (χ1v) is 7.30. The molecule has 1 aliphatic rings. The largest absolute Gasteiger partial charge is 0.485 e. The molecule has 0 aliphatic carbocycles. The van der Waals surface area contributed by atoms with Crippen LogP contribution in [0.5, 0.6) is 5.75 Å². The van der Waals surface area contributed by atoms with Crippen LogP contribution < -0.4 is 4.74 Å². The number of ether oxygens (including phenoxy) is 1. The average Bonchev–Trinajstić information content (AvgIpc) is 2.47. The number of hydrogen-bond donors (Lipinski definition) is 0. The number of rotatable bonds is 5.